The Kier molecular flexibility index (Phi) is 3.92. The molecule has 1 fully saturated rings. The van der Waals surface area contributed by atoms with Crippen LogP contribution in [0.15, 0.2) is 0 Å². The van der Waals surface area contributed by atoms with Crippen LogP contribution in [0.3, 0.4) is 0 Å². The van der Waals surface area contributed by atoms with Crippen LogP contribution in [0, 0.1) is 5.41 Å². The van der Waals surface area contributed by atoms with Gasteiger partial charge < -0.3 is 15.8 Å². The van der Waals surface area contributed by atoms with Gasteiger partial charge in [-0.1, -0.05) is 0 Å². The highest BCUT2D eigenvalue weighted by Crippen LogP contribution is 2.26. The summed E-state index contributed by atoms with van der Waals surface area (Å²) in [6.45, 7) is 2.47. The summed E-state index contributed by atoms with van der Waals surface area (Å²) >= 11 is 0. The minimum Gasteiger partial charge on any atom is -0.379 e. The molecule has 2 unspecified atom stereocenters. The van der Waals surface area contributed by atoms with Gasteiger partial charge in [0, 0.05) is 18.8 Å². The maximum atomic E-state index is 11.8. The Labute approximate surface area is 95.4 Å². The van der Waals surface area contributed by atoms with Crippen LogP contribution in [0.5, 0.6) is 0 Å². The van der Waals surface area contributed by atoms with Crippen LogP contribution in [0.4, 0.5) is 0 Å². The predicted molar refractivity (Wildman–Crippen MR) is 59.6 cm³/mol. The molecule has 0 aromatic heterocycles. The van der Waals surface area contributed by atoms with E-state index in [2.05, 4.69) is 5.32 Å². The maximum absolute atomic E-state index is 11.8. The first-order valence-electron chi connectivity index (χ1n) is 5.05. The van der Waals surface area contributed by atoms with Crippen LogP contribution in [0.1, 0.15) is 6.92 Å². The van der Waals surface area contributed by atoms with E-state index in [1.807, 2.05) is 0 Å². The fourth-order valence-corrected chi connectivity index (χ4v) is 1.95. The molecule has 1 amide bonds. The molecule has 7 heteroatoms. The summed E-state index contributed by atoms with van der Waals surface area (Å²) in [5.41, 5.74) is 5.02. The zero-order valence-corrected chi connectivity index (χ0v) is 10.3. The minimum absolute atomic E-state index is 0.0646. The molecule has 0 saturated carbocycles. The molecular weight excluding hydrogens is 232 g/mol. The van der Waals surface area contributed by atoms with Crippen molar-refractivity contribution < 1.29 is 17.9 Å². The molecule has 2 atom stereocenters. The van der Waals surface area contributed by atoms with E-state index in [1.54, 1.807) is 6.92 Å². The number of amides is 1. The molecular formula is C9H18N2O4S. The normalized spacial score (nSPS) is 30.3. The summed E-state index contributed by atoms with van der Waals surface area (Å²) in [4.78, 5) is 11.8. The second-order valence-corrected chi connectivity index (χ2v) is 6.68. The first kappa shape index (κ1) is 13.4. The van der Waals surface area contributed by atoms with Crippen molar-refractivity contribution in [1.29, 1.82) is 0 Å². The number of carbonyl (C=O) groups excluding carboxylic acids is 1. The summed E-state index contributed by atoms with van der Waals surface area (Å²) in [7, 11) is -3.05. The van der Waals surface area contributed by atoms with Crippen molar-refractivity contribution in [3.63, 3.8) is 0 Å². The molecule has 0 radical (unpaired) electrons. The Bertz CT molecular complexity index is 368. The Morgan fingerprint density at radius 3 is 2.69 bits per heavy atom. The number of carbonyl (C=O) groups is 1. The van der Waals surface area contributed by atoms with Crippen LogP contribution in [0.2, 0.25) is 0 Å². The molecule has 1 aliphatic heterocycles. The van der Waals surface area contributed by atoms with Gasteiger partial charge >= 0.3 is 0 Å². The molecule has 0 aromatic carbocycles. The predicted octanol–water partition coefficient (Wildman–Crippen LogP) is -1.49. The lowest BCUT2D eigenvalue weighted by Gasteiger charge is -2.25. The van der Waals surface area contributed by atoms with Crippen LogP contribution in [-0.2, 0) is 19.4 Å². The number of nitrogens with two attached hydrogens (primary N) is 1. The fraction of sp³-hybridized carbons (Fsp3) is 0.889. The average Bonchev–Trinajstić information content (AvgIpc) is 2.46. The molecule has 0 bridgehead atoms. The van der Waals surface area contributed by atoms with E-state index in [-0.39, 0.29) is 30.9 Å². The number of rotatable bonds is 4. The molecule has 1 heterocycles. The third-order valence-electron chi connectivity index (χ3n) is 2.79. The van der Waals surface area contributed by atoms with Gasteiger partial charge in [-0.2, -0.15) is 0 Å². The SMILES string of the molecule is CC1(C(=O)NCCS(C)(=O)=O)COCC1N. The highest BCUT2D eigenvalue weighted by atomic mass is 32.2. The average molecular weight is 250 g/mol. The topological polar surface area (TPSA) is 98.5 Å². The maximum Gasteiger partial charge on any atom is 0.229 e. The van der Waals surface area contributed by atoms with Crippen LogP contribution in [0.25, 0.3) is 0 Å². The van der Waals surface area contributed by atoms with E-state index in [4.69, 9.17) is 10.5 Å². The number of hydrogen-bond donors (Lipinski definition) is 2. The lowest BCUT2D eigenvalue weighted by molar-refractivity contribution is -0.130. The van der Waals surface area contributed by atoms with Gasteiger partial charge in [0.25, 0.3) is 0 Å². The third kappa shape index (κ3) is 3.16. The quantitative estimate of drug-likeness (QED) is 0.633. The van der Waals surface area contributed by atoms with Crippen LogP contribution in [-0.4, -0.2) is 52.1 Å². The smallest absolute Gasteiger partial charge is 0.229 e. The Hall–Kier alpha value is -0.660. The fourth-order valence-electron chi connectivity index (χ4n) is 1.47. The minimum atomic E-state index is -3.05. The molecule has 6 nitrogen and oxygen atoms in total. The largest absolute Gasteiger partial charge is 0.379 e. The van der Waals surface area contributed by atoms with E-state index in [0.29, 0.717) is 6.61 Å². The molecule has 94 valence electrons. The highest BCUT2D eigenvalue weighted by molar-refractivity contribution is 7.90. The highest BCUT2D eigenvalue weighted by Gasteiger charge is 2.44. The van der Waals surface area contributed by atoms with Gasteiger partial charge in [-0.25, -0.2) is 8.42 Å². The zero-order valence-electron chi connectivity index (χ0n) is 9.52. The van der Waals surface area contributed by atoms with Crippen molar-refractivity contribution >= 4 is 15.7 Å². The molecule has 1 rings (SSSR count). The van der Waals surface area contributed by atoms with Gasteiger partial charge in [-0.3, -0.25) is 4.79 Å². The third-order valence-corrected chi connectivity index (χ3v) is 3.74. The molecule has 0 aromatic rings. The number of ether oxygens (including phenoxy) is 1. The number of nitrogens with one attached hydrogen (secondary N) is 1. The summed E-state index contributed by atoms with van der Waals surface area (Å²) in [6.07, 6.45) is 1.13. The summed E-state index contributed by atoms with van der Waals surface area (Å²) in [5, 5.41) is 2.57. The summed E-state index contributed by atoms with van der Waals surface area (Å²) < 4.78 is 26.9. The van der Waals surface area contributed by atoms with Crippen molar-refractivity contribution in [2.24, 2.45) is 11.1 Å². The van der Waals surface area contributed by atoms with Crippen molar-refractivity contribution in [1.82, 2.24) is 5.32 Å². The van der Waals surface area contributed by atoms with Crippen molar-refractivity contribution in [3.8, 4) is 0 Å². The van der Waals surface area contributed by atoms with E-state index in [0.717, 1.165) is 6.26 Å². The van der Waals surface area contributed by atoms with Gasteiger partial charge in [0.1, 0.15) is 9.84 Å². The van der Waals surface area contributed by atoms with Crippen molar-refractivity contribution in [2.45, 2.75) is 13.0 Å². The standard InChI is InChI=1S/C9H18N2O4S/c1-9(6-15-5-7(9)10)8(12)11-3-4-16(2,13)14/h7H,3-6,10H2,1-2H3,(H,11,12). The number of sulfone groups is 1. The lowest BCUT2D eigenvalue weighted by atomic mass is 9.85. The summed E-state index contributed by atoms with van der Waals surface area (Å²) in [5.74, 6) is -0.314. The zero-order chi connectivity index (χ0) is 12.4. The molecule has 1 aliphatic rings. The van der Waals surface area contributed by atoms with Crippen LogP contribution >= 0.6 is 0 Å². The van der Waals surface area contributed by atoms with E-state index < -0.39 is 15.3 Å². The summed E-state index contributed by atoms with van der Waals surface area (Å²) in [6, 6.07) is -0.342. The first-order chi connectivity index (χ1) is 7.26. The molecule has 0 aliphatic carbocycles. The Morgan fingerprint density at radius 1 is 1.62 bits per heavy atom. The van der Waals surface area contributed by atoms with Gasteiger partial charge in [0.2, 0.25) is 5.91 Å². The van der Waals surface area contributed by atoms with Gasteiger partial charge in [-0.05, 0) is 6.92 Å². The Balaban J connectivity index is 2.47. The molecule has 0 spiro atoms. The Morgan fingerprint density at radius 2 is 2.25 bits per heavy atom. The van der Waals surface area contributed by atoms with Gasteiger partial charge in [0.05, 0.1) is 24.4 Å². The van der Waals surface area contributed by atoms with E-state index in [1.165, 1.54) is 0 Å². The van der Waals surface area contributed by atoms with Crippen molar-refractivity contribution in [3.05, 3.63) is 0 Å². The van der Waals surface area contributed by atoms with E-state index >= 15 is 0 Å². The monoisotopic (exact) mass is 250 g/mol. The van der Waals surface area contributed by atoms with E-state index in [9.17, 15) is 13.2 Å². The van der Waals surface area contributed by atoms with Gasteiger partial charge in [0.15, 0.2) is 0 Å². The van der Waals surface area contributed by atoms with Gasteiger partial charge in [-0.15, -0.1) is 0 Å². The lowest BCUT2D eigenvalue weighted by Crippen LogP contribution is -2.50. The van der Waals surface area contributed by atoms with Crippen molar-refractivity contribution in [2.75, 3.05) is 31.8 Å². The second-order valence-electron chi connectivity index (χ2n) is 4.42. The first-order valence-corrected chi connectivity index (χ1v) is 7.11. The van der Waals surface area contributed by atoms with Crippen LogP contribution < -0.4 is 11.1 Å². The number of hydrogen-bond acceptors (Lipinski definition) is 5. The molecule has 16 heavy (non-hydrogen) atoms. The molecule has 3 N–H and O–H groups in total. The molecule has 1 saturated heterocycles. The second kappa shape index (κ2) is 4.68.